The molecular weight excluding hydrogens is 338 g/mol. The smallest absolute Gasteiger partial charge is 0.307 e. The van der Waals surface area contributed by atoms with Gasteiger partial charge in [0.1, 0.15) is 5.58 Å². The van der Waals surface area contributed by atoms with Gasteiger partial charge in [-0.15, -0.1) is 0 Å². The summed E-state index contributed by atoms with van der Waals surface area (Å²) in [5.74, 6) is -0.441. The van der Waals surface area contributed by atoms with Crippen molar-refractivity contribution in [1.82, 2.24) is 5.32 Å². The number of furan rings is 1. The van der Waals surface area contributed by atoms with Gasteiger partial charge in [0.15, 0.2) is 5.76 Å². The molecule has 1 N–H and O–H groups in total. The lowest BCUT2D eigenvalue weighted by Gasteiger charge is -2.11. The highest BCUT2D eigenvalue weighted by atomic mass is 79.9. The molecule has 1 unspecified atom stereocenters. The minimum absolute atomic E-state index is 0.118. The summed E-state index contributed by atoms with van der Waals surface area (Å²) in [6, 6.07) is 5.24. The maximum absolute atomic E-state index is 12.2. The Morgan fingerprint density at radius 1 is 1.43 bits per heavy atom. The molecular formula is C15H16BrNO4. The topological polar surface area (TPSA) is 68.5 Å². The van der Waals surface area contributed by atoms with Crippen molar-refractivity contribution in [1.29, 1.82) is 0 Å². The van der Waals surface area contributed by atoms with Gasteiger partial charge in [-0.2, -0.15) is 0 Å². The first-order valence-corrected chi connectivity index (χ1v) is 7.28. The van der Waals surface area contributed by atoms with Gasteiger partial charge in [0.2, 0.25) is 0 Å². The van der Waals surface area contributed by atoms with Crippen LogP contribution in [0.3, 0.4) is 0 Å². The van der Waals surface area contributed by atoms with Crippen LogP contribution in [0.15, 0.2) is 27.1 Å². The maximum Gasteiger partial charge on any atom is 0.307 e. The van der Waals surface area contributed by atoms with Gasteiger partial charge >= 0.3 is 5.97 Å². The average molecular weight is 354 g/mol. The number of amides is 1. The maximum atomic E-state index is 12.2. The molecule has 0 radical (unpaired) electrons. The zero-order valence-electron chi connectivity index (χ0n) is 12.0. The number of hydrogen-bond donors (Lipinski definition) is 1. The third-order valence-corrected chi connectivity index (χ3v) is 3.68. The largest absolute Gasteiger partial charge is 0.469 e. The molecule has 0 saturated carbocycles. The minimum Gasteiger partial charge on any atom is -0.469 e. The van der Waals surface area contributed by atoms with Crippen molar-refractivity contribution in [3.63, 3.8) is 0 Å². The van der Waals surface area contributed by atoms with Gasteiger partial charge in [0.05, 0.1) is 13.5 Å². The fraction of sp³-hybridized carbons (Fsp3) is 0.333. The summed E-state index contributed by atoms with van der Waals surface area (Å²) in [4.78, 5) is 23.4. The number of halogens is 1. The molecule has 112 valence electrons. The Hall–Kier alpha value is -1.82. The highest BCUT2D eigenvalue weighted by Crippen LogP contribution is 2.28. The van der Waals surface area contributed by atoms with E-state index in [1.807, 2.05) is 19.1 Å². The fourth-order valence-electron chi connectivity index (χ4n) is 2.08. The molecule has 0 aliphatic carbocycles. The van der Waals surface area contributed by atoms with E-state index in [0.717, 1.165) is 15.4 Å². The fourth-order valence-corrected chi connectivity index (χ4v) is 2.44. The predicted octanol–water partition coefficient (Wildman–Crippen LogP) is 3.19. The summed E-state index contributed by atoms with van der Waals surface area (Å²) in [5.41, 5.74) is 1.43. The molecule has 1 amide bonds. The molecule has 0 bridgehead atoms. The highest BCUT2D eigenvalue weighted by molar-refractivity contribution is 9.10. The number of fused-ring (bicyclic) bond motifs is 1. The van der Waals surface area contributed by atoms with Crippen molar-refractivity contribution >= 4 is 38.8 Å². The van der Waals surface area contributed by atoms with Crippen LogP contribution in [0, 0.1) is 6.92 Å². The van der Waals surface area contributed by atoms with Crippen molar-refractivity contribution in [3.05, 3.63) is 34.0 Å². The molecule has 2 rings (SSSR count). The summed E-state index contributed by atoms with van der Waals surface area (Å²) in [6.45, 7) is 3.57. The van der Waals surface area contributed by atoms with Crippen LogP contribution in [-0.4, -0.2) is 25.0 Å². The molecule has 1 aromatic carbocycles. The van der Waals surface area contributed by atoms with Crippen molar-refractivity contribution < 1.29 is 18.7 Å². The van der Waals surface area contributed by atoms with E-state index in [1.54, 1.807) is 13.0 Å². The number of rotatable bonds is 4. The number of ether oxygens (including phenoxy) is 1. The van der Waals surface area contributed by atoms with E-state index in [9.17, 15) is 9.59 Å². The monoisotopic (exact) mass is 353 g/mol. The van der Waals surface area contributed by atoms with E-state index in [4.69, 9.17) is 4.42 Å². The van der Waals surface area contributed by atoms with Crippen LogP contribution >= 0.6 is 15.9 Å². The van der Waals surface area contributed by atoms with Crippen molar-refractivity contribution in [2.45, 2.75) is 26.3 Å². The Kier molecular flexibility index (Phi) is 4.67. The Labute approximate surface area is 130 Å². The molecule has 2 aromatic rings. The van der Waals surface area contributed by atoms with E-state index < -0.39 is 0 Å². The number of esters is 1. The van der Waals surface area contributed by atoms with Crippen LogP contribution in [-0.2, 0) is 9.53 Å². The lowest BCUT2D eigenvalue weighted by atomic mass is 10.1. The quantitative estimate of drug-likeness (QED) is 0.857. The number of carbonyl (C=O) groups excluding carboxylic acids is 2. The molecule has 0 fully saturated rings. The summed E-state index contributed by atoms with van der Waals surface area (Å²) in [5, 5.41) is 3.62. The summed E-state index contributed by atoms with van der Waals surface area (Å²) in [7, 11) is 1.32. The van der Waals surface area contributed by atoms with E-state index in [-0.39, 0.29) is 30.1 Å². The second-order valence-electron chi connectivity index (χ2n) is 4.85. The molecule has 6 heteroatoms. The first kappa shape index (κ1) is 15.6. The average Bonchev–Trinajstić information content (AvgIpc) is 2.75. The number of aryl methyl sites for hydroxylation is 1. The number of nitrogens with one attached hydrogen (secondary N) is 1. The molecule has 1 aromatic heterocycles. The molecule has 0 aliphatic heterocycles. The van der Waals surface area contributed by atoms with Crippen molar-refractivity contribution in [3.8, 4) is 0 Å². The van der Waals surface area contributed by atoms with Gasteiger partial charge < -0.3 is 14.5 Å². The van der Waals surface area contributed by atoms with Crippen molar-refractivity contribution in [2.24, 2.45) is 0 Å². The molecule has 1 atom stereocenters. The Bertz CT molecular complexity index is 692. The number of hydrogen-bond acceptors (Lipinski definition) is 4. The normalized spacial score (nSPS) is 12.2. The van der Waals surface area contributed by atoms with Crippen LogP contribution in [0.25, 0.3) is 11.0 Å². The first-order chi connectivity index (χ1) is 9.92. The predicted molar refractivity (Wildman–Crippen MR) is 82.2 cm³/mol. The van der Waals surface area contributed by atoms with E-state index in [2.05, 4.69) is 26.0 Å². The Morgan fingerprint density at radius 3 is 2.81 bits per heavy atom. The third-order valence-electron chi connectivity index (χ3n) is 3.18. The van der Waals surface area contributed by atoms with Crippen LogP contribution < -0.4 is 5.32 Å². The van der Waals surface area contributed by atoms with Crippen LogP contribution in [0.1, 0.15) is 29.5 Å². The van der Waals surface area contributed by atoms with E-state index in [0.29, 0.717) is 5.58 Å². The van der Waals surface area contributed by atoms with E-state index in [1.165, 1.54) is 7.11 Å². The minimum atomic E-state index is -0.368. The molecule has 1 heterocycles. The van der Waals surface area contributed by atoms with Crippen LogP contribution in [0.2, 0.25) is 0 Å². The molecule has 21 heavy (non-hydrogen) atoms. The second-order valence-corrected chi connectivity index (χ2v) is 5.77. The Morgan fingerprint density at radius 2 is 2.14 bits per heavy atom. The zero-order chi connectivity index (χ0) is 15.6. The summed E-state index contributed by atoms with van der Waals surface area (Å²) >= 11 is 3.39. The molecule has 5 nitrogen and oxygen atoms in total. The number of carbonyl (C=O) groups is 2. The van der Waals surface area contributed by atoms with Gasteiger partial charge in [-0.1, -0.05) is 15.9 Å². The van der Waals surface area contributed by atoms with Crippen LogP contribution in [0.4, 0.5) is 0 Å². The lowest BCUT2D eigenvalue weighted by molar-refractivity contribution is -0.141. The number of benzene rings is 1. The lowest BCUT2D eigenvalue weighted by Crippen LogP contribution is -2.34. The summed E-state index contributed by atoms with van der Waals surface area (Å²) in [6.07, 6.45) is 0.118. The standard InChI is InChI=1S/C15H16BrNO4/c1-8(6-13(18)20-3)17-15(19)14-9(2)11-7-10(16)4-5-12(11)21-14/h4-5,7-8H,6H2,1-3H3,(H,17,19). The Balaban J connectivity index is 2.20. The molecule has 0 saturated heterocycles. The molecule has 0 spiro atoms. The zero-order valence-corrected chi connectivity index (χ0v) is 13.6. The van der Waals surface area contributed by atoms with Gasteiger partial charge in [-0.3, -0.25) is 9.59 Å². The highest BCUT2D eigenvalue weighted by Gasteiger charge is 2.20. The van der Waals surface area contributed by atoms with Gasteiger partial charge in [-0.25, -0.2) is 0 Å². The number of methoxy groups -OCH3 is 1. The molecule has 0 aliphatic rings. The first-order valence-electron chi connectivity index (χ1n) is 6.48. The van der Waals surface area contributed by atoms with Gasteiger partial charge in [-0.05, 0) is 32.0 Å². The van der Waals surface area contributed by atoms with Crippen molar-refractivity contribution in [2.75, 3.05) is 7.11 Å². The van der Waals surface area contributed by atoms with E-state index >= 15 is 0 Å². The van der Waals surface area contributed by atoms with Gasteiger partial charge in [0.25, 0.3) is 5.91 Å². The SMILES string of the molecule is COC(=O)CC(C)NC(=O)c1oc2ccc(Br)cc2c1C. The third kappa shape index (κ3) is 3.44. The van der Waals surface area contributed by atoms with Gasteiger partial charge in [0, 0.05) is 21.5 Å². The van der Waals surface area contributed by atoms with Crippen LogP contribution in [0.5, 0.6) is 0 Å². The second kappa shape index (κ2) is 6.30. The summed E-state index contributed by atoms with van der Waals surface area (Å²) < 4.78 is 11.1.